The molecule has 2 aromatic rings. The summed E-state index contributed by atoms with van der Waals surface area (Å²) in [6.07, 6.45) is 2.25. The topological polar surface area (TPSA) is 47.1 Å². The smallest absolute Gasteiger partial charge is 0.201 e. The first kappa shape index (κ1) is 13.2. The van der Waals surface area contributed by atoms with Crippen LogP contribution in [-0.2, 0) is 6.54 Å². The average molecular weight is 267 g/mol. The van der Waals surface area contributed by atoms with Crippen molar-refractivity contribution in [3.8, 4) is 0 Å². The predicted octanol–water partition coefficient (Wildman–Crippen LogP) is 2.61. The van der Waals surface area contributed by atoms with E-state index in [9.17, 15) is 0 Å². The second kappa shape index (κ2) is 5.59. The fourth-order valence-corrected chi connectivity index (χ4v) is 2.22. The summed E-state index contributed by atoms with van der Waals surface area (Å²) in [6, 6.07) is 5.71. The first-order valence-corrected chi connectivity index (χ1v) is 6.51. The molecule has 98 valence electrons. The zero-order valence-corrected chi connectivity index (χ0v) is 11.6. The molecule has 0 saturated heterocycles. The van der Waals surface area contributed by atoms with Crippen LogP contribution in [0.2, 0.25) is 5.02 Å². The summed E-state index contributed by atoms with van der Waals surface area (Å²) in [7, 11) is 4.17. The van der Waals surface area contributed by atoms with Crippen LogP contribution in [0.5, 0.6) is 0 Å². The van der Waals surface area contributed by atoms with Crippen LogP contribution in [0.3, 0.4) is 0 Å². The summed E-state index contributed by atoms with van der Waals surface area (Å²) in [5.41, 5.74) is 7.87. The van der Waals surface area contributed by atoms with Gasteiger partial charge in [-0.15, -0.1) is 0 Å². The molecule has 2 N–H and O–H groups in total. The number of fused-ring (bicyclic) bond motifs is 1. The molecule has 0 aliphatic carbocycles. The van der Waals surface area contributed by atoms with Crippen molar-refractivity contribution in [1.82, 2.24) is 14.5 Å². The van der Waals surface area contributed by atoms with Crippen molar-refractivity contribution in [2.75, 3.05) is 26.4 Å². The Hall–Kier alpha value is -1.26. The molecular formula is C13H19ClN4. The maximum Gasteiger partial charge on any atom is 0.201 e. The summed E-state index contributed by atoms with van der Waals surface area (Å²) in [6.45, 7) is 2.00. The average Bonchev–Trinajstić information content (AvgIpc) is 2.59. The van der Waals surface area contributed by atoms with Gasteiger partial charge in [-0.2, -0.15) is 0 Å². The van der Waals surface area contributed by atoms with E-state index < -0.39 is 0 Å². The predicted molar refractivity (Wildman–Crippen MR) is 76.9 cm³/mol. The van der Waals surface area contributed by atoms with Crippen molar-refractivity contribution >= 4 is 28.6 Å². The molecule has 18 heavy (non-hydrogen) atoms. The molecule has 5 heteroatoms. The third-order valence-electron chi connectivity index (χ3n) is 2.98. The molecule has 0 fully saturated rings. The van der Waals surface area contributed by atoms with Crippen molar-refractivity contribution in [3.05, 3.63) is 23.2 Å². The van der Waals surface area contributed by atoms with Crippen LogP contribution >= 0.6 is 11.6 Å². The van der Waals surface area contributed by atoms with Crippen LogP contribution in [0, 0.1) is 0 Å². The van der Waals surface area contributed by atoms with Crippen LogP contribution in [0.1, 0.15) is 12.8 Å². The molecule has 1 aromatic carbocycles. The second-order valence-corrected chi connectivity index (χ2v) is 5.20. The van der Waals surface area contributed by atoms with Gasteiger partial charge in [-0.05, 0) is 51.7 Å². The number of hydrogen-bond acceptors (Lipinski definition) is 3. The van der Waals surface area contributed by atoms with Crippen LogP contribution < -0.4 is 5.73 Å². The van der Waals surface area contributed by atoms with Crippen LogP contribution in [0.4, 0.5) is 5.95 Å². The zero-order chi connectivity index (χ0) is 13.1. The number of nitrogens with zero attached hydrogens (tertiary/aromatic N) is 3. The Labute approximate surface area is 112 Å². The number of anilines is 1. The van der Waals surface area contributed by atoms with Gasteiger partial charge < -0.3 is 15.2 Å². The van der Waals surface area contributed by atoms with Crippen LogP contribution in [0.15, 0.2) is 18.2 Å². The SMILES string of the molecule is CN(C)CCCCn1c(N)nc2cc(Cl)ccc21. The van der Waals surface area contributed by atoms with Gasteiger partial charge in [0.1, 0.15) is 0 Å². The number of imidazole rings is 1. The quantitative estimate of drug-likeness (QED) is 0.847. The number of hydrogen-bond donors (Lipinski definition) is 1. The number of benzene rings is 1. The highest BCUT2D eigenvalue weighted by molar-refractivity contribution is 6.31. The summed E-state index contributed by atoms with van der Waals surface area (Å²) in [4.78, 5) is 6.52. The Balaban J connectivity index is 2.10. The summed E-state index contributed by atoms with van der Waals surface area (Å²) >= 11 is 5.95. The lowest BCUT2D eigenvalue weighted by atomic mass is 10.2. The summed E-state index contributed by atoms with van der Waals surface area (Å²) in [5.74, 6) is 0.567. The molecule has 0 radical (unpaired) electrons. The van der Waals surface area contributed by atoms with E-state index in [1.807, 2.05) is 18.2 Å². The highest BCUT2D eigenvalue weighted by Gasteiger charge is 2.07. The van der Waals surface area contributed by atoms with Gasteiger partial charge in [0.15, 0.2) is 0 Å². The fraction of sp³-hybridized carbons (Fsp3) is 0.462. The minimum Gasteiger partial charge on any atom is -0.369 e. The van der Waals surface area contributed by atoms with Gasteiger partial charge in [-0.1, -0.05) is 11.6 Å². The lowest BCUT2D eigenvalue weighted by Gasteiger charge is -2.10. The number of nitrogens with two attached hydrogens (primary N) is 1. The van der Waals surface area contributed by atoms with E-state index in [0.717, 1.165) is 37.0 Å². The number of aryl methyl sites for hydroxylation is 1. The van der Waals surface area contributed by atoms with E-state index in [1.54, 1.807) is 0 Å². The first-order chi connectivity index (χ1) is 8.58. The van der Waals surface area contributed by atoms with Crippen molar-refractivity contribution < 1.29 is 0 Å². The van der Waals surface area contributed by atoms with Crippen LogP contribution in [0.25, 0.3) is 11.0 Å². The number of halogens is 1. The molecule has 0 aliphatic rings. The van der Waals surface area contributed by atoms with Gasteiger partial charge in [0.2, 0.25) is 5.95 Å². The second-order valence-electron chi connectivity index (χ2n) is 4.77. The summed E-state index contributed by atoms with van der Waals surface area (Å²) < 4.78 is 2.06. The van der Waals surface area contributed by atoms with Gasteiger partial charge in [0, 0.05) is 11.6 Å². The zero-order valence-electron chi connectivity index (χ0n) is 10.9. The number of aromatic nitrogens is 2. The van der Waals surface area contributed by atoms with Crippen molar-refractivity contribution in [3.63, 3.8) is 0 Å². The number of unbranched alkanes of at least 4 members (excludes halogenated alkanes) is 1. The maximum atomic E-state index is 5.95. The molecule has 1 aromatic heterocycles. The van der Waals surface area contributed by atoms with Crippen molar-refractivity contribution in [2.45, 2.75) is 19.4 Å². The summed E-state index contributed by atoms with van der Waals surface area (Å²) in [5, 5.41) is 0.694. The maximum absolute atomic E-state index is 5.95. The molecule has 4 nitrogen and oxygen atoms in total. The van der Waals surface area contributed by atoms with E-state index in [-0.39, 0.29) is 0 Å². The Morgan fingerprint density at radius 1 is 1.33 bits per heavy atom. The van der Waals surface area contributed by atoms with Crippen LogP contribution in [-0.4, -0.2) is 35.1 Å². The lowest BCUT2D eigenvalue weighted by molar-refractivity contribution is 0.388. The van der Waals surface area contributed by atoms with E-state index >= 15 is 0 Å². The van der Waals surface area contributed by atoms with Crippen molar-refractivity contribution in [1.29, 1.82) is 0 Å². The first-order valence-electron chi connectivity index (χ1n) is 6.14. The monoisotopic (exact) mass is 266 g/mol. The van der Waals surface area contributed by atoms with E-state index in [0.29, 0.717) is 11.0 Å². The van der Waals surface area contributed by atoms with Gasteiger partial charge in [0.25, 0.3) is 0 Å². The Morgan fingerprint density at radius 3 is 2.83 bits per heavy atom. The largest absolute Gasteiger partial charge is 0.369 e. The minimum absolute atomic E-state index is 0.567. The van der Waals surface area contributed by atoms with E-state index in [4.69, 9.17) is 17.3 Å². The van der Waals surface area contributed by atoms with E-state index in [1.165, 1.54) is 0 Å². The third-order valence-corrected chi connectivity index (χ3v) is 3.21. The Morgan fingerprint density at radius 2 is 2.11 bits per heavy atom. The molecule has 2 rings (SSSR count). The number of rotatable bonds is 5. The normalized spacial score (nSPS) is 11.6. The lowest BCUT2D eigenvalue weighted by Crippen LogP contribution is -2.13. The molecule has 0 atom stereocenters. The van der Waals surface area contributed by atoms with Gasteiger partial charge >= 0.3 is 0 Å². The molecule has 0 aliphatic heterocycles. The molecule has 0 amide bonds. The molecule has 0 bridgehead atoms. The molecule has 0 saturated carbocycles. The standard InChI is InChI=1S/C13H19ClN4/c1-17(2)7-3-4-8-18-12-6-5-10(14)9-11(12)16-13(18)15/h5-6,9H,3-4,7-8H2,1-2H3,(H2,15,16). The van der Waals surface area contributed by atoms with E-state index in [2.05, 4.69) is 28.5 Å². The highest BCUT2D eigenvalue weighted by atomic mass is 35.5. The van der Waals surface area contributed by atoms with Crippen molar-refractivity contribution in [2.24, 2.45) is 0 Å². The Bertz CT molecular complexity index is 533. The minimum atomic E-state index is 0.567. The van der Waals surface area contributed by atoms with Gasteiger partial charge in [0.05, 0.1) is 11.0 Å². The van der Waals surface area contributed by atoms with Gasteiger partial charge in [-0.25, -0.2) is 4.98 Å². The third kappa shape index (κ3) is 2.94. The molecule has 1 heterocycles. The molecule has 0 spiro atoms. The molecule has 0 unspecified atom stereocenters. The number of nitrogen functional groups attached to an aromatic ring is 1. The highest BCUT2D eigenvalue weighted by Crippen LogP contribution is 2.22. The van der Waals surface area contributed by atoms with Gasteiger partial charge in [-0.3, -0.25) is 0 Å². The molecular weight excluding hydrogens is 248 g/mol. The Kier molecular flexibility index (Phi) is 4.09. The fourth-order valence-electron chi connectivity index (χ4n) is 2.05.